The zero-order valence-electron chi connectivity index (χ0n) is 9.96. The van der Waals surface area contributed by atoms with Gasteiger partial charge in [0, 0.05) is 20.6 Å². The molecule has 6 heteroatoms. The summed E-state index contributed by atoms with van der Waals surface area (Å²) in [5.41, 5.74) is 6.58. The predicted octanol–water partition coefficient (Wildman–Crippen LogP) is 1.87. The number of carbonyl (C=O) groups is 1. The first-order chi connectivity index (χ1) is 7.52. The van der Waals surface area contributed by atoms with Crippen molar-refractivity contribution in [3.05, 3.63) is 4.88 Å². The molecule has 90 valence electrons. The first-order valence-electron chi connectivity index (χ1n) is 4.94. The van der Waals surface area contributed by atoms with Crippen LogP contribution in [0.15, 0.2) is 4.90 Å². The Hall–Kier alpha value is -0.880. The summed E-state index contributed by atoms with van der Waals surface area (Å²) in [7, 11) is 3.90. The number of nitrogens with zero attached hydrogens (tertiary/aromatic N) is 1. The van der Waals surface area contributed by atoms with Crippen LogP contribution in [0.3, 0.4) is 0 Å². The van der Waals surface area contributed by atoms with E-state index >= 15 is 0 Å². The number of anilines is 2. The predicted molar refractivity (Wildman–Crippen MR) is 72.8 cm³/mol. The van der Waals surface area contributed by atoms with E-state index in [1.165, 1.54) is 11.3 Å². The second-order valence-corrected chi connectivity index (χ2v) is 5.25. The fourth-order valence-electron chi connectivity index (χ4n) is 1.32. The summed E-state index contributed by atoms with van der Waals surface area (Å²) >= 11 is 3.01. The third-order valence-corrected chi connectivity index (χ3v) is 4.36. The molecule has 0 fully saturated rings. The molecular weight excluding hydrogens is 242 g/mol. The van der Waals surface area contributed by atoms with E-state index in [2.05, 4.69) is 5.32 Å². The largest absolute Gasteiger partial charge is 0.396 e. The molecule has 0 aliphatic heterocycles. The molecule has 0 atom stereocenters. The number of carbonyl (C=O) groups excluding carboxylic acids is 1. The number of thiophene rings is 1. The van der Waals surface area contributed by atoms with Gasteiger partial charge in [0.05, 0.1) is 10.6 Å². The van der Waals surface area contributed by atoms with Gasteiger partial charge in [-0.15, -0.1) is 23.1 Å². The Balaban J connectivity index is 3.17. The van der Waals surface area contributed by atoms with Crippen molar-refractivity contribution >= 4 is 39.7 Å². The molecule has 1 amide bonds. The number of hydrogen-bond donors (Lipinski definition) is 2. The fourth-order valence-corrected chi connectivity index (χ4v) is 3.39. The van der Waals surface area contributed by atoms with Gasteiger partial charge in [-0.3, -0.25) is 4.79 Å². The number of nitrogen functional groups attached to an aromatic ring is 1. The molecule has 0 bridgehead atoms. The maximum atomic E-state index is 11.8. The maximum Gasteiger partial charge on any atom is 0.263 e. The van der Waals surface area contributed by atoms with Gasteiger partial charge >= 0.3 is 0 Å². The van der Waals surface area contributed by atoms with Crippen LogP contribution in [0.4, 0.5) is 10.7 Å². The van der Waals surface area contributed by atoms with Gasteiger partial charge in [-0.05, 0) is 13.2 Å². The Labute approximate surface area is 104 Å². The number of nitrogens with two attached hydrogens (primary N) is 1. The zero-order valence-corrected chi connectivity index (χ0v) is 11.6. The molecular formula is C10H17N3OS2. The van der Waals surface area contributed by atoms with Gasteiger partial charge in [0.1, 0.15) is 9.88 Å². The molecule has 1 aromatic heterocycles. The number of amides is 1. The van der Waals surface area contributed by atoms with Crippen LogP contribution >= 0.6 is 23.1 Å². The third-order valence-electron chi connectivity index (χ3n) is 2.04. The van der Waals surface area contributed by atoms with Crippen molar-refractivity contribution in [1.82, 2.24) is 5.32 Å². The van der Waals surface area contributed by atoms with Crippen LogP contribution in [0.25, 0.3) is 0 Å². The van der Waals surface area contributed by atoms with Crippen molar-refractivity contribution in [2.75, 3.05) is 37.5 Å². The monoisotopic (exact) mass is 259 g/mol. The molecule has 0 saturated heterocycles. The molecule has 0 aliphatic rings. The molecule has 16 heavy (non-hydrogen) atoms. The average molecular weight is 259 g/mol. The van der Waals surface area contributed by atoms with Crippen LogP contribution in [0, 0.1) is 0 Å². The van der Waals surface area contributed by atoms with E-state index < -0.39 is 0 Å². The second kappa shape index (κ2) is 5.45. The van der Waals surface area contributed by atoms with Crippen LogP contribution in [0.2, 0.25) is 0 Å². The standard InChI is InChI=1S/C10H17N3OS2/c1-5-12-9(14)7-6(11)8(15-4)10(16-7)13(2)3/h5,11H2,1-4H3,(H,12,14). The zero-order chi connectivity index (χ0) is 12.3. The minimum Gasteiger partial charge on any atom is -0.396 e. The number of hydrogen-bond acceptors (Lipinski definition) is 5. The lowest BCUT2D eigenvalue weighted by Crippen LogP contribution is -2.22. The minimum absolute atomic E-state index is 0.0894. The van der Waals surface area contributed by atoms with Gasteiger partial charge in [-0.25, -0.2) is 0 Å². The highest BCUT2D eigenvalue weighted by Crippen LogP contribution is 2.42. The molecule has 3 N–H and O–H groups in total. The molecule has 0 radical (unpaired) electrons. The van der Waals surface area contributed by atoms with Crippen molar-refractivity contribution < 1.29 is 4.79 Å². The van der Waals surface area contributed by atoms with Gasteiger partial charge in [0.15, 0.2) is 0 Å². The van der Waals surface area contributed by atoms with E-state index in [0.717, 1.165) is 9.90 Å². The van der Waals surface area contributed by atoms with Crippen molar-refractivity contribution in [3.8, 4) is 0 Å². The van der Waals surface area contributed by atoms with Gasteiger partial charge in [0.25, 0.3) is 5.91 Å². The van der Waals surface area contributed by atoms with E-state index in [-0.39, 0.29) is 5.91 Å². The van der Waals surface area contributed by atoms with Crippen LogP contribution < -0.4 is 16.0 Å². The summed E-state index contributed by atoms with van der Waals surface area (Å²) < 4.78 is 0. The van der Waals surface area contributed by atoms with E-state index in [0.29, 0.717) is 17.1 Å². The lowest BCUT2D eigenvalue weighted by Gasteiger charge is -2.10. The number of thioether (sulfide) groups is 1. The van der Waals surface area contributed by atoms with Crippen LogP contribution in [0.1, 0.15) is 16.6 Å². The van der Waals surface area contributed by atoms with Gasteiger partial charge < -0.3 is 16.0 Å². The molecule has 0 aliphatic carbocycles. The van der Waals surface area contributed by atoms with Crippen LogP contribution in [0.5, 0.6) is 0 Å². The van der Waals surface area contributed by atoms with Crippen molar-refractivity contribution in [3.63, 3.8) is 0 Å². The summed E-state index contributed by atoms with van der Waals surface area (Å²) in [6.45, 7) is 2.51. The molecule has 0 saturated carbocycles. The van der Waals surface area contributed by atoms with Crippen LogP contribution in [-0.4, -0.2) is 32.8 Å². The third kappa shape index (κ3) is 2.44. The van der Waals surface area contributed by atoms with E-state index in [9.17, 15) is 4.79 Å². The lowest BCUT2D eigenvalue weighted by molar-refractivity contribution is 0.0960. The molecule has 0 unspecified atom stereocenters. The summed E-state index contributed by atoms with van der Waals surface area (Å²) in [5.74, 6) is -0.0894. The Kier molecular flexibility index (Phi) is 4.49. The Bertz CT molecular complexity index is 388. The quantitative estimate of drug-likeness (QED) is 0.810. The molecule has 0 spiro atoms. The van der Waals surface area contributed by atoms with Crippen molar-refractivity contribution in [2.24, 2.45) is 0 Å². The average Bonchev–Trinajstić information content (AvgIpc) is 2.55. The van der Waals surface area contributed by atoms with Crippen LogP contribution in [-0.2, 0) is 0 Å². The lowest BCUT2D eigenvalue weighted by atomic mass is 10.3. The van der Waals surface area contributed by atoms with E-state index in [4.69, 9.17) is 5.73 Å². The topological polar surface area (TPSA) is 58.4 Å². The summed E-state index contributed by atoms with van der Waals surface area (Å²) in [6, 6.07) is 0. The van der Waals surface area contributed by atoms with Crippen molar-refractivity contribution in [1.29, 1.82) is 0 Å². The highest BCUT2D eigenvalue weighted by molar-refractivity contribution is 7.99. The Morgan fingerprint density at radius 1 is 1.56 bits per heavy atom. The Morgan fingerprint density at radius 3 is 2.56 bits per heavy atom. The van der Waals surface area contributed by atoms with Gasteiger partial charge in [-0.1, -0.05) is 0 Å². The first-order valence-corrected chi connectivity index (χ1v) is 6.98. The van der Waals surface area contributed by atoms with Gasteiger partial charge in [0.2, 0.25) is 0 Å². The molecule has 0 aromatic carbocycles. The smallest absolute Gasteiger partial charge is 0.263 e. The Morgan fingerprint density at radius 2 is 2.19 bits per heavy atom. The molecule has 1 aromatic rings. The SMILES string of the molecule is CCNC(=O)c1sc(N(C)C)c(SC)c1N. The molecule has 1 heterocycles. The summed E-state index contributed by atoms with van der Waals surface area (Å²) in [5, 5.41) is 3.80. The normalized spacial score (nSPS) is 10.2. The summed E-state index contributed by atoms with van der Waals surface area (Å²) in [4.78, 5) is 15.3. The van der Waals surface area contributed by atoms with Gasteiger partial charge in [-0.2, -0.15) is 0 Å². The highest BCUT2D eigenvalue weighted by atomic mass is 32.2. The first kappa shape index (κ1) is 13.2. The van der Waals surface area contributed by atoms with E-state index in [1.807, 2.05) is 32.2 Å². The summed E-state index contributed by atoms with van der Waals surface area (Å²) in [6.07, 6.45) is 1.97. The minimum atomic E-state index is -0.0894. The molecule has 1 rings (SSSR count). The highest BCUT2D eigenvalue weighted by Gasteiger charge is 2.20. The van der Waals surface area contributed by atoms with Crippen molar-refractivity contribution in [2.45, 2.75) is 11.8 Å². The van der Waals surface area contributed by atoms with E-state index in [1.54, 1.807) is 11.8 Å². The second-order valence-electron chi connectivity index (χ2n) is 3.44. The maximum absolute atomic E-state index is 11.8. The number of rotatable bonds is 4. The molecule has 4 nitrogen and oxygen atoms in total. The number of nitrogens with one attached hydrogen (secondary N) is 1. The fraction of sp³-hybridized carbons (Fsp3) is 0.500.